The molecule has 1 aromatic heterocycles. The number of hydrogen-bond acceptors (Lipinski definition) is 12. The molecule has 0 fully saturated rings. The van der Waals surface area contributed by atoms with E-state index in [1.54, 1.807) is 0 Å². The van der Waals surface area contributed by atoms with Gasteiger partial charge in [-0.25, -0.2) is 28.0 Å². The van der Waals surface area contributed by atoms with Gasteiger partial charge in [0.15, 0.2) is 28.0 Å². The molecular formula is C26H31N3O12S. The van der Waals surface area contributed by atoms with Crippen molar-refractivity contribution in [2.24, 2.45) is 0 Å². The first-order chi connectivity index (χ1) is 20.0. The number of ether oxygens (including phenoxy) is 3. The average molecular weight is 610 g/mol. The van der Waals surface area contributed by atoms with E-state index in [4.69, 9.17) is 24.4 Å². The molecule has 0 spiro atoms. The van der Waals surface area contributed by atoms with Crippen LogP contribution in [-0.4, -0.2) is 97.6 Å². The van der Waals surface area contributed by atoms with Crippen LogP contribution in [-0.2, 0) is 44.2 Å². The summed E-state index contributed by atoms with van der Waals surface area (Å²) in [7, 11) is -3.84. The van der Waals surface area contributed by atoms with E-state index >= 15 is 0 Å². The molecule has 1 amide bonds. The number of benzene rings is 1. The quantitative estimate of drug-likeness (QED) is 0.164. The van der Waals surface area contributed by atoms with Crippen LogP contribution in [0.1, 0.15) is 41.9 Å². The van der Waals surface area contributed by atoms with Gasteiger partial charge in [-0.3, -0.25) is 14.4 Å². The maximum atomic E-state index is 12.6. The van der Waals surface area contributed by atoms with Gasteiger partial charge in [0.25, 0.3) is 5.91 Å². The molecule has 2 aromatic rings. The Morgan fingerprint density at radius 2 is 1.36 bits per heavy atom. The van der Waals surface area contributed by atoms with Crippen LogP contribution >= 0.6 is 0 Å². The molecule has 2 rings (SSSR count). The van der Waals surface area contributed by atoms with Crippen molar-refractivity contribution in [1.29, 1.82) is 0 Å². The van der Waals surface area contributed by atoms with Gasteiger partial charge >= 0.3 is 11.9 Å². The molecule has 3 N–H and O–H groups in total. The lowest BCUT2D eigenvalue weighted by molar-refractivity contribution is -0.142. The molecule has 0 saturated heterocycles. The Balaban J connectivity index is 1.67. The van der Waals surface area contributed by atoms with Gasteiger partial charge in [0, 0.05) is 38.4 Å². The summed E-state index contributed by atoms with van der Waals surface area (Å²) in [5.41, 5.74) is 0.0269. The summed E-state index contributed by atoms with van der Waals surface area (Å²) in [6, 6.07) is 5.19. The number of carbonyl (C=O) groups is 5. The van der Waals surface area contributed by atoms with Gasteiger partial charge in [0.2, 0.25) is 0 Å². The number of rotatable bonds is 21. The molecule has 0 saturated carbocycles. The monoisotopic (exact) mass is 609 g/mol. The molecule has 15 nitrogen and oxygen atoms in total. The molecule has 0 unspecified atom stereocenters. The van der Waals surface area contributed by atoms with E-state index in [-0.39, 0.29) is 72.8 Å². The number of carboxylic acid groups (broad SMARTS) is 2. The van der Waals surface area contributed by atoms with Crippen molar-refractivity contribution in [1.82, 2.24) is 15.3 Å². The number of Topliss-reactive ketones (excluding diaryl/α,β-unsaturated/α-hetero) is 2. The molecule has 0 bridgehead atoms. The smallest absolute Gasteiger partial charge is 0.341 e. The minimum absolute atomic E-state index is 0.0269. The Kier molecular flexibility index (Phi) is 14.1. The standard InChI is InChI=1S/C26H31N3O12S/c30-19(3-1-9-39-14-20(31)4-2-10-40-15-24(32)33)13-29-26(36)18-11-27-23(28-12-18)17-42(37,38)22-7-5-21(6-8-22)41-16-25(34)35/h5-8,11-12H,1-4,9-10,13-17H2,(H,29,36)(H,32,33)(H,34,35). The number of ketones is 2. The fraction of sp³-hybridized carbons (Fsp3) is 0.423. The van der Waals surface area contributed by atoms with Crippen molar-refractivity contribution in [3.8, 4) is 5.75 Å². The molecule has 0 aliphatic carbocycles. The molecule has 1 aromatic carbocycles. The second kappa shape index (κ2) is 17.5. The van der Waals surface area contributed by atoms with E-state index in [1.165, 1.54) is 24.3 Å². The highest BCUT2D eigenvalue weighted by Gasteiger charge is 2.18. The Morgan fingerprint density at radius 1 is 0.786 bits per heavy atom. The van der Waals surface area contributed by atoms with Gasteiger partial charge in [-0.15, -0.1) is 0 Å². The van der Waals surface area contributed by atoms with E-state index in [9.17, 15) is 32.4 Å². The van der Waals surface area contributed by atoms with E-state index in [2.05, 4.69) is 15.3 Å². The fourth-order valence-electron chi connectivity index (χ4n) is 3.22. The fourth-order valence-corrected chi connectivity index (χ4v) is 4.42. The van der Waals surface area contributed by atoms with E-state index < -0.39 is 46.6 Å². The lowest BCUT2D eigenvalue weighted by Crippen LogP contribution is -2.29. The zero-order valence-corrected chi connectivity index (χ0v) is 23.3. The number of amides is 1. The zero-order chi connectivity index (χ0) is 31.0. The molecule has 228 valence electrons. The summed E-state index contributed by atoms with van der Waals surface area (Å²) in [4.78, 5) is 64.7. The number of carbonyl (C=O) groups excluding carboxylic acids is 3. The normalized spacial score (nSPS) is 11.0. The molecule has 42 heavy (non-hydrogen) atoms. The summed E-state index contributed by atoms with van der Waals surface area (Å²) in [6.45, 7) is -1.04. The highest BCUT2D eigenvalue weighted by Crippen LogP contribution is 2.19. The molecule has 0 atom stereocenters. The maximum Gasteiger partial charge on any atom is 0.341 e. The minimum atomic E-state index is -3.84. The number of hydrogen-bond donors (Lipinski definition) is 3. The first-order valence-corrected chi connectivity index (χ1v) is 14.3. The van der Waals surface area contributed by atoms with Crippen LogP contribution in [0.3, 0.4) is 0 Å². The van der Waals surface area contributed by atoms with Crippen molar-refractivity contribution in [3.05, 3.63) is 48.0 Å². The van der Waals surface area contributed by atoms with Crippen LogP contribution in [0.25, 0.3) is 0 Å². The van der Waals surface area contributed by atoms with Gasteiger partial charge < -0.3 is 29.7 Å². The predicted molar refractivity (Wildman–Crippen MR) is 143 cm³/mol. The number of nitrogens with zero attached hydrogens (tertiary/aromatic N) is 2. The van der Waals surface area contributed by atoms with E-state index in [1.807, 2.05) is 0 Å². The van der Waals surface area contributed by atoms with Gasteiger partial charge in [-0.1, -0.05) is 0 Å². The first kappa shape index (κ1) is 33.9. The molecule has 0 aliphatic rings. The topological polar surface area (TPSA) is 225 Å². The lowest BCUT2D eigenvalue weighted by atomic mass is 10.2. The van der Waals surface area contributed by atoms with Crippen LogP contribution < -0.4 is 10.1 Å². The van der Waals surface area contributed by atoms with Crippen LogP contribution in [0, 0.1) is 0 Å². The number of aliphatic carboxylic acids is 2. The van der Waals surface area contributed by atoms with Crippen LogP contribution in [0.15, 0.2) is 41.6 Å². The van der Waals surface area contributed by atoms with Gasteiger partial charge in [0.1, 0.15) is 30.5 Å². The third-order valence-electron chi connectivity index (χ3n) is 5.26. The van der Waals surface area contributed by atoms with Crippen molar-refractivity contribution in [2.75, 3.05) is 39.6 Å². The second-order valence-corrected chi connectivity index (χ2v) is 10.8. The van der Waals surface area contributed by atoms with Crippen molar-refractivity contribution < 1.29 is 56.8 Å². The Labute approximate surface area is 241 Å². The number of sulfone groups is 1. The third kappa shape index (κ3) is 13.4. The highest BCUT2D eigenvalue weighted by molar-refractivity contribution is 7.90. The van der Waals surface area contributed by atoms with Gasteiger partial charge in [-0.2, -0.15) is 0 Å². The zero-order valence-electron chi connectivity index (χ0n) is 22.5. The number of carboxylic acids is 2. The molecule has 16 heteroatoms. The second-order valence-electron chi connectivity index (χ2n) is 8.77. The van der Waals surface area contributed by atoms with E-state index in [0.29, 0.717) is 12.8 Å². The van der Waals surface area contributed by atoms with E-state index in [0.717, 1.165) is 12.4 Å². The molecule has 1 heterocycles. The first-order valence-electron chi connectivity index (χ1n) is 12.6. The lowest BCUT2D eigenvalue weighted by Gasteiger charge is -2.07. The third-order valence-corrected chi connectivity index (χ3v) is 6.88. The van der Waals surface area contributed by atoms with Gasteiger partial charge in [0.05, 0.1) is 17.0 Å². The van der Waals surface area contributed by atoms with Crippen molar-refractivity contribution >= 4 is 39.2 Å². The van der Waals surface area contributed by atoms with Gasteiger partial charge in [-0.05, 0) is 37.1 Å². The summed E-state index contributed by atoms with van der Waals surface area (Å²) in [5, 5.41) is 19.5. The summed E-state index contributed by atoms with van der Waals surface area (Å²) >= 11 is 0. The number of aromatic nitrogens is 2. The van der Waals surface area contributed by atoms with Crippen molar-refractivity contribution in [3.63, 3.8) is 0 Å². The Bertz CT molecular complexity index is 1330. The largest absolute Gasteiger partial charge is 0.482 e. The molecular weight excluding hydrogens is 578 g/mol. The molecule has 0 aliphatic heterocycles. The SMILES string of the molecule is O=C(O)COCCCC(=O)COCCCC(=O)CNC(=O)c1cnc(CS(=O)(=O)c2ccc(OCC(=O)O)cc2)nc1. The average Bonchev–Trinajstić information content (AvgIpc) is 2.94. The number of nitrogens with one attached hydrogen (secondary N) is 1. The Hall–Kier alpha value is -4.28. The summed E-state index contributed by atoms with van der Waals surface area (Å²) in [5.74, 6) is -3.72. The summed E-state index contributed by atoms with van der Waals surface area (Å²) < 4.78 is 40.3. The Morgan fingerprint density at radius 3 is 1.95 bits per heavy atom. The molecule has 0 radical (unpaired) electrons. The predicted octanol–water partition coefficient (Wildman–Crippen LogP) is 0.460. The minimum Gasteiger partial charge on any atom is -0.482 e. The van der Waals surface area contributed by atoms with Crippen LogP contribution in [0.5, 0.6) is 5.75 Å². The summed E-state index contributed by atoms with van der Waals surface area (Å²) in [6.07, 6.45) is 3.30. The van der Waals surface area contributed by atoms with Crippen LogP contribution in [0.2, 0.25) is 0 Å². The maximum absolute atomic E-state index is 12.6. The van der Waals surface area contributed by atoms with Crippen LogP contribution in [0.4, 0.5) is 0 Å². The van der Waals surface area contributed by atoms with Crippen molar-refractivity contribution in [2.45, 2.75) is 36.3 Å². The highest BCUT2D eigenvalue weighted by atomic mass is 32.2.